The Hall–Kier alpha value is -1.05. The Bertz CT molecular complexity index is 568. The summed E-state index contributed by atoms with van der Waals surface area (Å²) in [5.74, 6) is 0. The number of fused-ring (bicyclic) bond motifs is 1. The van der Waals surface area contributed by atoms with Gasteiger partial charge in [-0.25, -0.2) is 4.98 Å². The lowest BCUT2D eigenvalue weighted by Gasteiger charge is -2.03. The van der Waals surface area contributed by atoms with E-state index in [1.165, 1.54) is 0 Å². The molecule has 0 aliphatic heterocycles. The number of halogens is 2. The third-order valence-electron chi connectivity index (χ3n) is 2.24. The number of pyridine rings is 1. The fourth-order valence-corrected chi connectivity index (χ4v) is 2.09. The molecule has 0 saturated heterocycles. The summed E-state index contributed by atoms with van der Waals surface area (Å²) < 4.78 is 2.52. The van der Waals surface area contributed by atoms with E-state index in [9.17, 15) is 0 Å². The molecule has 76 valence electrons. The van der Waals surface area contributed by atoms with Gasteiger partial charge >= 0.3 is 0 Å². The fraction of sp³-hybridized carbons (Fsp3) is 0.200. The molecule has 0 radical (unpaired) electrons. The first-order valence-corrected chi connectivity index (χ1v) is 5.60. The molecule has 15 heavy (non-hydrogen) atoms. The van der Waals surface area contributed by atoms with E-state index in [-0.39, 0.29) is 0 Å². The Kier molecular flexibility index (Phi) is 2.68. The maximum Gasteiger partial charge on any atom is 0.158 e. The van der Waals surface area contributed by atoms with E-state index in [2.05, 4.69) is 20.9 Å². The summed E-state index contributed by atoms with van der Waals surface area (Å²) in [4.78, 5) is 4.26. The van der Waals surface area contributed by atoms with E-state index >= 15 is 0 Å². The predicted molar refractivity (Wildman–Crippen MR) is 62.8 cm³/mol. The van der Waals surface area contributed by atoms with Gasteiger partial charge in [-0.15, -0.1) is 0 Å². The molecule has 5 heteroatoms. The molecule has 3 nitrogen and oxygen atoms in total. The SMILES string of the molecule is CCn1ccc2c(Cl)c(Br)c(C#N)nc21. The van der Waals surface area contributed by atoms with Crippen molar-refractivity contribution in [3.63, 3.8) is 0 Å². The smallest absolute Gasteiger partial charge is 0.158 e. The van der Waals surface area contributed by atoms with Crippen LogP contribution in [0.1, 0.15) is 12.6 Å². The van der Waals surface area contributed by atoms with Crippen LogP contribution in [0.25, 0.3) is 11.0 Å². The van der Waals surface area contributed by atoms with Crippen LogP contribution in [-0.4, -0.2) is 9.55 Å². The minimum Gasteiger partial charge on any atom is -0.333 e. The third-order valence-corrected chi connectivity index (χ3v) is 3.63. The zero-order valence-corrected chi connectivity index (χ0v) is 10.3. The second-order valence-electron chi connectivity index (χ2n) is 3.04. The highest BCUT2D eigenvalue weighted by molar-refractivity contribution is 9.10. The monoisotopic (exact) mass is 283 g/mol. The van der Waals surface area contributed by atoms with Crippen molar-refractivity contribution in [2.75, 3.05) is 0 Å². The lowest BCUT2D eigenvalue weighted by atomic mass is 10.3. The van der Waals surface area contributed by atoms with Crippen LogP contribution in [0.5, 0.6) is 0 Å². The lowest BCUT2D eigenvalue weighted by molar-refractivity contribution is 0.787. The van der Waals surface area contributed by atoms with Gasteiger partial charge in [-0.2, -0.15) is 5.26 Å². The van der Waals surface area contributed by atoms with Gasteiger partial charge in [0.1, 0.15) is 11.7 Å². The molecule has 0 saturated carbocycles. The van der Waals surface area contributed by atoms with Gasteiger partial charge in [0.25, 0.3) is 0 Å². The number of rotatable bonds is 1. The van der Waals surface area contributed by atoms with Gasteiger partial charge in [-0.3, -0.25) is 0 Å². The highest BCUT2D eigenvalue weighted by Gasteiger charge is 2.13. The molecule has 2 heterocycles. The van der Waals surface area contributed by atoms with E-state index in [4.69, 9.17) is 16.9 Å². The second-order valence-corrected chi connectivity index (χ2v) is 4.21. The molecule has 0 aliphatic carbocycles. The quantitative estimate of drug-likeness (QED) is 0.806. The van der Waals surface area contributed by atoms with Crippen LogP contribution in [0.4, 0.5) is 0 Å². The summed E-state index contributed by atoms with van der Waals surface area (Å²) >= 11 is 9.40. The molecule has 0 N–H and O–H groups in total. The molecule has 0 fully saturated rings. The van der Waals surface area contributed by atoms with Crippen molar-refractivity contribution in [3.8, 4) is 6.07 Å². The van der Waals surface area contributed by atoms with Crippen LogP contribution >= 0.6 is 27.5 Å². The van der Waals surface area contributed by atoms with E-state index in [0.717, 1.165) is 17.6 Å². The molecule has 0 amide bonds. The Labute approximate surface area is 100 Å². The van der Waals surface area contributed by atoms with Gasteiger partial charge in [0, 0.05) is 18.1 Å². The average molecular weight is 285 g/mol. The minimum absolute atomic E-state index is 0.320. The number of nitriles is 1. The standard InChI is InChI=1S/C10H7BrClN3/c1-2-15-4-3-6-9(12)8(11)7(5-13)14-10(6)15/h3-4H,2H2,1H3. The Morgan fingerprint density at radius 1 is 1.67 bits per heavy atom. The zero-order chi connectivity index (χ0) is 11.0. The van der Waals surface area contributed by atoms with Crippen molar-refractivity contribution < 1.29 is 0 Å². The predicted octanol–water partition coefficient (Wildman–Crippen LogP) is 3.34. The van der Waals surface area contributed by atoms with E-state index in [1.807, 2.05) is 29.8 Å². The average Bonchev–Trinajstić information content (AvgIpc) is 2.66. The first-order valence-electron chi connectivity index (χ1n) is 4.43. The van der Waals surface area contributed by atoms with Gasteiger partial charge in [0.05, 0.1) is 9.50 Å². The molecule has 0 spiro atoms. The molecule has 0 atom stereocenters. The van der Waals surface area contributed by atoms with Gasteiger partial charge in [-0.05, 0) is 28.9 Å². The molecular weight excluding hydrogens is 277 g/mol. The van der Waals surface area contributed by atoms with Crippen molar-refractivity contribution in [2.24, 2.45) is 0 Å². The minimum atomic E-state index is 0.320. The van der Waals surface area contributed by atoms with E-state index < -0.39 is 0 Å². The van der Waals surface area contributed by atoms with Crippen molar-refractivity contribution >= 4 is 38.6 Å². The van der Waals surface area contributed by atoms with Crippen molar-refractivity contribution in [3.05, 3.63) is 27.5 Å². The van der Waals surface area contributed by atoms with Crippen LogP contribution in [0.15, 0.2) is 16.7 Å². The maximum absolute atomic E-state index is 8.89. The zero-order valence-electron chi connectivity index (χ0n) is 7.96. The number of hydrogen-bond donors (Lipinski definition) is 0. The topological polar surface area (TPSA) is 41.6 Å². The van der Waals surface area contributed by atoms with Gasteiger partial charge in [0.2, 0.25) is 0 Å². The van der Waals surface area contributed by atoms with E-state index in [0.29, 0.717) is 15.2 Å². The van der Waals surface area contributed by atoms with Crippen LogP contribution in [-0.2, 0) is 6.54 Å². The fourth-order valence-electron chi connectivity index (χ4n) is 1.47. The summed E-state index contributed by atoms with van der Waals surface area (Å²) in [6.45, 7) is 2.82. The molecule has 0 unspecified atom stereocenters. The molecule has 0 aromatic carbocycles. The molecule has 0 bridgehead atoms. The summed E-state index contributed by atoms with van der Waals surface area (Å²) in [5.41, 5.74) is 1.07. The highest BCUT2D eigenvalue weighted by Crippen LogP contribution is 2.32. The van der Waals surface area contributed by atoms with Crippen LogP contribution in [0.2, 0.25) is 5.02 Å². The summed E-state index contributed by atoms with van der Waals surface area (Å²) in [5, 5.41) is 10.3. The lowest BCUT2D eigenvalue weighted by Crippen LogP contribution is -1.96. The van der Waals surface area contributed by atoms with Crippen LogP contribution in [0, 0.1) is 11.3 Å². The molecule has 2 aromatic rings. The largest absolute Gasteiger partial charge is 0.333 e. The number of aromatic nitrogens is 2. The van der Waals surface area contributed by atoms with E-state index in [1.54, 1.807) is 0 Å². The molecular formula is C10H7BrClN3. The highest BCUT2D eigenvalue weighted by atomic mass is 79.9. The molecule has 2 rings (SSSR count). The second kappa shape index (κ2) is 3.84. The first kappa shape index (κ1) is 10.5. The summed E-state index contributed by atoms with van der Waals surface area (Å²) in [6, 6.07) is 3.92. The number of aryl methyl sites for hydroxylation is 1. The van der Waals surface area contributed by atoms with Gasteiger partial charge in [-0.1, -0.05) is 11.6 Å². The molecule has 2 aromatic heterocycles. The Balaban J connectivity index is 2.89. The summed E-state index contributed by atoms with van der Waals surface area (Å²) in [7, 11) is 0. The normalized spacial score (nSPS) is 10.5. The van der Waals surface area contributed by atoms with Crippen molar-refractivity contribution in [1.82, 2.24) is 9.55 Å². The number of nitrogens with zero attached hydrogens (tertiary/aromatic N) is 3. The van der Waals surface area contributed by atoms with Crippen LogP contribution in [0.3, 0.4) is 0 Å². The third kappa shape index (κ3) is 1.52. The maximum atomic E-state index is 8.89. The van der Waals surface area contributed by atoms with Crippen LogP contribution < -0.4 is 0 Å². The van der Waals surface area contributed by atoms with Crippen molar-refractivity contribution in [1.29, 1.82) is 5.26 Å². The first-order chi connectivity index (χ1) is 7.19. The van der Waals surface area contributed by atoms with Gasteiger partial charge in [0.15, 0.2) is 5.69 Å². The van der Waals surface area contributed by atoms with Gasteiger partial charge < -0.3 is 4.57 Å². The van der Waals surface area contributed by atoms with Crippen molar-refractivity contribution in [2.45, 2.75) is 13.5 Å². The molecule has 0 aliphatic rings. The Morgan fingerprint density at radius 3 is 3.00 bits per heavy atom. The Morgan fingerprint density at radius 2 is 2.40 bits per heavy atom. The number of hydrogen-bond acceptors (Lipinski definition) is 2. The summed E-state index contributed by atoms with van der Waals surface area (Å²) in [6.07, 6.45) is 1.91.